The van der Waals surface area contributed by atoms with Gasteiger partial charge >= 0.3 is 6.09 Å². The molecule has 1 aliphatic heterocycles. The van der Waals surface area contributed by atoms with Gasteiger partial charge < -0.3 is 15.7 Å². The molecule has 1 aliphatic rings. The second kappa shape index (κ2) is 2.37. The molecular weight excluding hydrogens is 144 g/mol. The van der Waals surface area contributed by atoms with Crippen molar-refractivity contribution < 1.29 is 9.90 Å². The summed E-state index contributed by atoms with van der Waals surface area (Å²) in [5, 5.41) is 8.63. The predicted octanol–water partition coefficient (Wildman–Crippen LogP) is 0.334. The van der Waals surface area contributed by atoms with Crippen LogP contribution < -0.4 is 5.73 Å². The van der Waals surface area contributed by atoms with E-state index >= 15 is 0 Å². The van der Waals surface area contributed by atoms with Crippen molar-refractivity contribution in [2.24, 2.45) is 11.1 Å². The van der Waals surface area contributed by atoms with Crippen LogP contribution in [0, 0.1) is 5.41 Å². The van der Waals surface area contributed by atoms with Crippen molar-refractivity contribution in [2.75, 3.05) is 13.1 Å². The minimum Gasteiger partial charge on any atom is -0.465 e. The van der Waals surface area contributed by atoms with Crippen LogP contribution in [0.25, 0.3) is 0 Å². The van der Waals surface area contributed by atoms with Crippen LogP contribution in [0.15, 0.2) is 0 Å². The molecule has 64 valence electrons. The van der Waals surface area contributed by atoms with Gasteiger partial charge in [0.25, 0.3) is 0 Å². The summed E-state index contributed by atoms with van der Waals surface area (Å²) in [5.41, 5.74) is 5.66. The Kier molecular flexibility index (Phi) is 1.80. The Morgan fingerprint density at radius 3 is 2.45 bits per heavy atom. The van der Waals surface area contributed by atoms with E-state index in [0.29, 0.717) is 13.1 Å². The smallest absolute Gasteiger partial charge is 0.407 e. The van der Waals surface area contributed by atoms with Crippen LogP contribution in [0.2, 0.25) is 0 Å². The van der Waals surface area contributed by atoms with Gasteiger partial charge in [-0.3, -0.25) is 0 Å². The van der Waals surface area contributed by atoms with Crippen molar-refractivity contribution in [3.63, 3.8) is 0 Å². The molecule has 1 fully saturated rings. The maximum atomic E-state index is 10.5. The first-order valence-electron chi connectivity index (χ1n) is 3.67. The zero-order chi connectivity index (χ0) is 8.65. The fraction of sp³-hybridized carbons (Fsp3) is 0.857. The lowest BCUT2D eigenvalue weighted by molar-refractivity contribution is 0.151. The predicted molar refractivity (Wildman–Crippen MR) is 41.4 cm³/mol. The first kappa shape index (κ1) is 8.33. The van der Waals surface area contributed by atoms with Crippen molar-refractivity contribution in [1.82, 2.24) is 4.90 Å². The third kappa shape index (κ3) is 1.45. The van der Waals surface area contributed by atoms with Crippen molar-refractivity contribution in [2.45, 2.75) is 19.9 Å². The van der Waals surface area contributed by atoms with Gasteiger partial charge in [0.15, 0.2) is 0 Å². The molecule has 1 saturated heterocycles. The molecule has 0 aromatic rings. The molecule has 11 heavy (non-hydrogen) atoms. The minimum absolute atomic E-state index is 0.0291. The Balaban J connectivity index is 2.64. The maximum absolute atomic E-state index is 10.5. The van der Waals surface area contributed by atoms with Gasteiger partial charge in [-0.25, -0.2) is 4.79 Å². The summed E-state index contributed by atoms with van der Waals surface area (Å²) in [4.78, 5) is 11.9. The minimum atomic E-state index is -0.869. The van der Waals surface area contributed by atoms with E-state index in [-0.39, 0.29) is 11.5 Å². The molecule has 3 N–H and O–H groups in total. The van der Waals surface area contributed by atoms with Gasteiger partial charge in [-0.2, -0.15) is 0 Å². The Bertz CT molecular complexity index is 179. The number of nitrogens with two attached hydrogens (primary N) is 1. The van der Waals surface area contributed by atoms with Gasteiger partial charge in [0.2, 0.25) is 0 Å². The van der Waals surface area contributed by atoms with E-state index in [1.807, 2.05) is 13.8 Å². The lowest BCUT2D eigenvalue weighted by atomic mass is 9.89. The second-order valence-corrected chi connectivity index (χ2v) is 3.76. The Hall–Kier alpha value is -0.770. The summed E-state index contributed by atoms with van der Waals surface area (Å²) in [6.07, 6.45) is -0.869. The average Bonchev–Trinajstić information content (AvgIpc) is 2.08. The third-order valence-electron chi connectivity index (χ3n) is 2.29. The van der Waals surface area contributed by atoms with Gasteiger partial charge in [-0.1, -0.05) is 13.8 Å². The number of hydrogen-bond acceptors (Lipinski definition) is 2. The van der Waals surface area contributed by atoms with Crippen LogP contribution in [0.1, 0.15) is 13.8 Å². The van der Waals surface area contributed by atoms with E-state index < -0.39 is 6.09 Å². The van der Waals surface area contributed by atoms with Gasteiger partial charge in [-0.05, 0) is 5.41 Å². The van der Waals surface area contributed by atoms with E-state index in [4.69, 9.17) is 10.8 Å². The summed E-state index contributed by atoms with van der Waals surface area (Å²) in [6.45, 7) is 4.98. The Labute approximate surface area is 66.0 Å². The number of carboxylic acid groups (broad SMARTS) is 1. The van der Waals surface area contributed by atoms with E-state index in [1.165, 1.54) is 4.90 Å². The first-order valence-corrected chi connectivity index (χ1v) is 3.67. The number of rotatable bonds is 0. The highest BCUT2D eigenvalue weighted by molar-refractivity contribution is 5.65. The average molecular weight is 158 g/mol. The van der Waals surface area contributed by atoms with Crippen molar-refractivity contribution in [3.05, 3.63) is 0 Å². The van der Waals surface area contributed by atoms with Crippen molar-refractivity contribution in [1.29, 1.82) is 0 Å². The highest BCUT2D eigenvalue weighted by Gasteiger charge is 2.38. The molecule has 4 nitrogen and oxygen atoms in total. The molecule has 0 saturated carbocycles. The molecule has 0 aromatic heterocycles. The van der Waals surface area contributed by atoms with E-state index in [0.717, 1.165) is 0 Å². The molecular formula is C7H14N2O2. The zero-order valence-corrected chi connectivity index (χ0v) is 6.87. The molecule has 1 unspecified atom stereocenters. The molecule has 1 amide bonds. The largest absolute Gasteiger partial charge is 0.465 e. The summed E-state index contributed by atoms with van der Waals surface area (Å²) in [5.74, 6) is 0. The lowest BCUT2D eigenvalue weighted by Crippen LogP contribution is -2.35. The topological polar surface area (TPSA) is 66.6 Å². The normalized spacial score (nSPS) is 29.0. The van der Waals surface area contributed by atoms with Crippen molar-refractivity contribution >= 4 is 6.09 Å². The molecule has 0 radical (unpaired) electrons. The van der Waals surface area contributed by atoms with Gasteiger partial charge in [0.05, 0.1) is 0 Å². The fourth-order valence-corrected chi connectivity index (χ4v) is 1.30. The lowest BCUT2D eigenvalue weighted by Gasteiger charge is -2.20. The highest BCUT2D eigenvalue weighted by Crippen LogP contribution is 2.27. The van der Waals surface area contributed by atoms with E-state index in [9.17, 15) is 4.79 Å². The maximum Gasteiger partial charge on any atom is 0.407 e. The molecule has 1 heterocycles. The SMILES string of the molecule is CC1(C)CN(C(=O)O)CC1N. The Morgan fingerprint density at radius 2 is 2.27 bits per heavy atom. The summed E-state index contributed by atoms with van der Waals surface area (Å²) < 4.78 is 0. The number of nitrogens with zero attached hydrogens (tertiary/aromatic N) is 1. The van der Waals surface area contributed by atoms with Gasteiger partial charge in [-0.15, -0.1) is 0 Å². The fourth-order valence-electron chi connectivity index (χ4n) is 1.30. The molecule has 0 aromatic carbocycles. The van der Waals surface area contributed by atoms with Crippen molar-refractivity contribution in [3.8, 4) is 0 Å². The molecule has 4 heteroatoms. The highest BCUT2D eigenvalue weighted by atomic mass is 16.4. The standard InChI is InChI=1S/C7H14N2O2/c1-7(2)4-9(6(10)11)3-5(7)8/h5H,3-4,8H2,1-2H3,(H,10,11). The van der Waals surface area contributed by atoms with E-state index in [1.54, 1.807) is 0 Å². The van der Waals surface area contributed by atoms with Crippen LogP contribution in [0.5, 0.6) is 0 Å². The number of amides is 1. The number of carbonyl (C=O) groups is 1. The Morgan fingerprint density at radius 1 is 1.73 bits per heavy atom. The monoisotopic (exact) mass is 158 g/mol. The van der Waals surface area contributed by atoms with Gasteiger partial charge in [0.1, 0.15) is 0 Å². The second-order valence-electron chi connectivity index (χ2n) is 3.76. The molecule has 0 bridgehead atoms. The molecule has 0 spiro atoms. The molecule has 1 atom stereocenters. The van der Waals surface area contributed by atoms with E-state index in [2.05, 4.69) is 0 Å². The zero-order valence-electron chi connectivity index (χ0n) is 6.87. The van der Waals surface area contributed by atoms with Gasteiger partial charge in [0, 0.05) is 19.1 Å². The summed E-state index contributed by atoms with van der Waals surface area (Å²) in [7, 11) is 0. The number of hydrogen-bond donors (Lipinski definition) is 2. The van der Waals surface area contributed by atoms with Crippen LogP contribution in [0.4, 0.5) is 4.79 Å². The van der Waals surface area contributed by atoms with Crippen LogP contribution in [0.3, 0.4) is 0 Å². The third-order valence-corrected chi connectivity index (χ3v) is 2.29. The first-order chi connectivity index (χ1) is 4.93. The van der Waals surface area contributed by atoms with Crippen LogP contribution in [-0.4, -0.2) is 35.2 Å². The molecule has 1 rings (SSSR count). The van der Waals surface area contributed by atoms with Crippen LogP contribution in [-0.2, 0) is 0 Å². The molecule has 0 aliphatic carbocycles. The van der Waals surface area contributed by atoms with Crippen LogP contribution >= 0.6 is 0 Å². The quantitative estimate of drug-likeness (QED) is 0.534. The summed E-state index contributed by atoms with van der Waals surface area (Å²) >= 11 is 0. The number of likely N-dealkylation sites (tertiary alicyclic amines) is 1. The summed E-state index contributed by atoms with van der Waals surface area (Å²) in [6, 6.07) is -0.0291.